The van der Waals surface area contributed by atoms with E-state index < -0.39 is 33.9 Å². The van der Waals surface area contributed by atoms with Crippen molar-refractivity contribution in [1.82, 2.24) is 19.3 Å². The summed E-state index contributed by atoms with van der Waals surface area (Å²) in [6.45, 7) is 4.14. The average Bonchev–Trinajstić information content (AvgIpc) is 3.29. The Morgan fingerprint density at radius 3 is 2.50 bits per heavy atom. The summed E-state index contributed by atoms with van der Waals surface area (Å²) < 4.78 is 68.0. The van der Waals surface area contributed by atoms with Crippen LogP contribution in [0.5, 0.6) is 0 Å². The summed E-state index contributed by atoms with van der Waals surface area (Å²) in [5, 5.41) is 3.29. The molecule has 3 heterocycles. The fraction of sp³-hybridized carbons (Fsp3) is 0.381. The molecule has 3 aromatic rings. The first-order valence-corrected chi connectivity index (χ1v) is 11.6. The lowest BCUT2D eigenvalue weighted by Crippen LogP contribution is -2.28. The molecule has 0 unspecified atom stereocenters. The number of anilines is 1. The normalized spacial score (nSPS) is 16.1. The zero-order chi connectivity index (χ0) is 23.0. The highest BCUT2D eigenvalue weighted by Crippen LogP contribution is 2.31. The number of hydrogen-bond donors (Lipinski definition) is 1. The van der Waals surface area contributed by atoms with Crippen LogP contribution in [0.3, 0.4) is 0 Å². The maximum Gasteiger partial charge on any atom is 0.266 e. The van der Waals surface area contributed by atoms with E-state index in [0.29, 0.717) is 29.8 Å². The molecule has 0 radical (unpaired) electrons. The van der Waals surface area contributed by atoms with Crippen molar-refractivity contribution >= 4 is 26.7 Å². The SMILES string of the molecule is Cc1nc(N[C@H](C)c2cccc(C(F)F)c2F)c2cc(S(=O)(=O)N3CCCC3)ncc2n1. The predicted octanol–water partition coefficient (Wildman–Crippen LogP) is 4.37. The lowest BCUT2D eigenvalue weighted by molar-refractivity contribution is 0.146. The maximum absolute atomic E-state index is 14.6. The van der Waals surface area contributed by atoms with Gasteiger partial charge in [-0.3, -0.25) is 0 Å². The maximum atomic E-state index is 14.6. The van der Waals surface area contributed by atoms with Crippen molar-refractivity contribution in [3.8, 4) is 0 Å². The summed E-state index contributed by atoms with van der Waals surface area (Å²) in [5.41, 5.74) is -0.219. The van der Waals surface area contributed by atoms with E-state index in [1.165, 1.54) is 28.7 Å². The minimum absolute atomic E-state index is 0.0474. The van der Waals surface area contributed by atoms with Gasteiger partial charge in [-0.15, -0.1) is 0 Å². The number of rotatable bonds is 6. The molecule has 32 heavy (non-hydrogen) atoms. The third kappa shape index (κ3) is 4.14. The van der Waals surface area contributed by atoms with Crippen LogP contribution in [0.4, 0.5) is 19.0 Å². The van der Waals surface area contributed by atoms with Gasteiger partial charge in [-0.1, -0.05) is 18.2 Å². The lowest BCUT2D eigenvalue weighted by Gasteiger charge is -2.19. The molecule has 0 aliphatic carbocycles. The predicted molar refractivity (Wildman–Crippen MR) is 113 cm³/mol. The van der Waals surface area contributed by atoms with E-state index >= 15 is 0 Å². The van der Waals surface area contributed by atoms with Gasteiger partial charge in [0.2, 0.25) is 0 Å². The van der Waals surface area contributed by atoms with Crippen molar-refractivity contribution in [3.63, 3.8) is 0 Å². The fourth-order valence-electron chi connectivity index (χ4n) is 3.80. The second kappa shape index (κ2) is 8.62. The number of fused-ring (bicyclic) bond motifs is 1. The number of pyridine rings is 1. The molecule has 1 atom stereocenters. The molecule has 1 N–H and O–H groups in total. The Morgan fingerprint density at radius 2 is 1.81 bits per heavy atom. The summed E-state index contributed by atoms with van der Waals surface area (Å²) >= 11 is 0. The second-order valence-corrected chi connectivity index (χ2v) is 9.57. The number of sulfonamides is 1. The first-order chi connectivity index (χ1) is 15.2. The van der Waals surface area contributed by atoms with Gasteiger partial charge in [0.05, 0.1) is 23.3 Å². The number of halogens is 3. The summed E-state index contributed by atoms with van der Waals surface area (Å²) in [5.74, 6) is -0.329. The summed E-state index contributed by atoms with van der Waals surface area (Å²) in [6.07, 6.45) is 0.0142. The lowest BCUT2D eigenvalue weighted by atomic mass is 10.0. The zero-order valence-electron chi connectivity index (χ0n) is 17.5. The van der Waals surface area contributed by atoms with Crippen LogP contribution in [0.1, 0.15) is 49.2 Å². The Bertz CT molecular complexity index is 1260. The monoisotopic (exact) mass is 465 g/mol. The molecule has 0 bridgehead atoms. The van der Waals surface area contributed by atoms with E-state index in [1.807, 2.05) is 0 Å². The molecule has 1 aromatic carbocycles. The van der Waals surface area contributed by atoms with Crippen molar-refractivity contribution in [2.75, 3.05) is 18.4 Å². The van der Waals surface area contributed by atoms with Crippen LogP contribution in [0, 0.1) is 12.7 Å². The molecule has 1 fully saturated rings. The Morgan fingerprint density at radius 1 is 1.12 bits per heavy atom. The minimum Gasteiger partial charge on any atom is -0.363 e. The van der Waals surface area contributed by atoms with Gasteiger partial charge in [-0.25, -0.2) is 36.5 Å². The van der Waals surface area contributed by atoms with E-state index in [9.17, 15) is 21.6 Å². The molecule has 11 heteroatoms. The highest BCUT2D eigenvalue weighted by atomic mass is 32.2. The van der Waals surface area contributed by atoms with Crippen molar-refractivity contribution < 1.29 is 21.6 Å². The molecule has 2 aromatic heterocycles. The topological polar surface area (TPSA) is 88.1 Å². The molecule has 0 amide bonds. The summed E-state index contributed by atoms with van der Waals surface area (Å²) in [4.78, 5) is 12.7. The van der Waals surface area contributed by atoms with Gasteiger partial charge in [0, 0.05) is 24.0 Å². The molecule has 4 rings (SSSR count). The molecule has 1 aliphatic rings. The molecular weight excluding hydrogens is 443 g/mol. The number of alkyl halides is 2. The molecular formula is C21H22F3N5O2S. The number of hydrogen-bond acceptors (Lipinski definition) is 6. The van der Waals surface area contributed by atoms with E-state index in [2.05, 4.69) is 20.3 Å². The minimum atomic E-state index is -3.76. The number of aromatic nitrogens is 3. The van der Waals surface area contributed by atoms with Gasteiger partial charge in [-0.2, -0.15) is 4.31 Å². The molecule has 0 spiro atoms. The van der Waals surface area contributed by atoms with Crippen LogP contribution in [0.2, 0.25) is 0 Å². The van der Waals surface area contributed by atoms with Crippen molar-refractivity contribution in [2.24, 2.45) is 0 Å². The van der Waals surface area contributed by atoms with E-state index in [4.69, 9.17) is 0 Å². The van der Waals surface area contributed by atoms with E-state index in [-0.39, 0.29) is 16.4 Å². The zero-order valence-corrected chi connectivity index (χ0v) is 18.3. The molecule has 7 nitrogen and oxygen atoms in total. The first-order valence-electron chi connectivity index (χ1n) is 10.2. The largest absolute Gasteiger partial charge is 0.363 e. The number of nitrogens with zero attached hydrogens (tertiary/aromatic N) is 4. The number of benzene rings is 1. The summed E-state index contributed by atoms with van der Waals surface area (Å²) in [6, 6.07) is 4.50. The van der Waals surface area contributed by atoms with Gasteiger partial charge in [0.25, 0.3) is 16.4 Å². The molecule has 0 saturated carbocycles. The fourth-order valence-corrected chi connectivity index (χ4v) is 5.25. The highest BCUT2D eigenvalue weighted by molar-refractivity contribution is 7.89. The molecule has 1 aliphatic heterocycles. The first kappa shape index (κ1) is 22.4. The molecule has 170 valence electrons. The Kier molecular flexibility index (Phi) is 6.04. The Labute approximate surface area is 183 Å². The smallest absolute Gasteiger partial charge is 0.266 e. The van der Waals surface area contributed by atoms with Crippen molar-refractivity contribution in [2.45, 2.75) is 44.2 Å². The van der Waals surface area contributed by atoms with Crippen LogP contribution in [-0.2, 0) is 10.0 Å². The number of nitrogens with one attached hydrogen (secondary N) is 1. The van der Waals surface area contributed by atoms with Crippen LogP contribution < -0.4 is 5.32 Å². The Balaban J connectivity index is 1.75. The van der Waals surface area contributed by atoms with Gasteiger partial charge in [0.15, 0.2) is 5.03 Å². The summed E-state index contributed by atoms with van der Waals surface area (Å²) in [7, 11) is -3.76. The van der Waals surface area contributed by atoms with Gasteiger partial charge < -0.3 is 5.32 Å². The Hall–Kier alpha value is -2.79. The van der Waals surface area contributed by atoms with E-state index in [0.717, 1.165) is 18.9 Å². The average molecular weight is 466 g/mol. The van der Waals surface area contributed by atoms with Crippen LogP contribution in [0.15, 0.2) is 35.5 Å². The van der Waals surface area contributed by atoms with Crippen molar-refractivity contribution in [3.05, 3.63) is 53.2 Å². The second-order valence-electron chi connectivity index (χ2n) is 7.69. The number of aryl methyl sites for hydroxylation is 1. The van der Waals surface area contributed by atoms with Gasteiger partial charge in [0.1, 0.15) is 17.5 Å². The van der Waals surface area contributed by atoms with Crippen molar-refractivity contribution in [1.29, 1.82) is 0 Å². The third-order valence-corrected chi connectivity index (χ3v) is 7.25. The highest BCUT2D eigenvalue weighted by Gasteiger charge is 2.29. The van der Waals surface area contributed by atoms with Crippen LogP contribution in [-0.4, -0.2) is 40.8 Å². The van der Waals surface area contributed by atoms with Crippen LogP contribution in [0.25, 0.3) is 10.9 Å². The molecule has 1 saturated heterocycles. The third-order valence-electron chi connectivity index (χ3n) is 5.45. The quantitative estimate of drug-likeness (QED) is 0.582. The van der Waals surface area contributed by atoms with Crippen LogP contribution >= 0.6 is 0 Å². The standard InChI is InChI=1S/C21H22F3N5O2S/c1-12(14-6-5-7-15(19(14)22)20(23)24)26-21-16-10-18(25-11-17(16)27-13(2)28-21)32(30,31)29-8-3-4-9-29/h5-7,10-12,20H,3-4,8-9H2,1-2H3,(H,26,27,28)/t12-/m1/s1. The van der Waals surface area contributed by atoms with Gasteiger partial charge in [-0.05, 0) is 32.8 Å². The van der Waals surface area contributed by atoms with E-state index in [1.54, 1.807) is 13.8 Å². The van der Waals surface area contributed by atoms with Gasteiger partial charge >= 0.3 is 0 Å².